The van der Waals surface area contributed by atoms with Gasteiger partial charge in [-0.15, -0.1) is 0 Å². The molecule has 0 unspecified atom stereocenters. The lowest BCUT2D eigenvalue weighted by atomic mass is 10.1. The van der Waals surface area contributed by atoms with Gasteiger partial charge in [0.2, 0.25) is 0 Å². The van der Waals surface area contributed by atoms with E-state index in [2.05, 4.69) is 10.2 Å². The molecule has 1 saturated heterocycles. The second kappa shape index (κ2) is 7.09. The molecular formula is C16H23FN2O2. The van der Waals surface area contributed by atoms with E-state index in [0.717, 1.165) is 57.5 Å². The smallest absolute Gasteiger partial charge is 0.164 e. The Morgan fingerprint density at radius 2 is 1.76 bits per heavy atom. The molecule has 116 valence electrons. The molecule has 3 rings (SSSR count). The van der Waals surface area contributed by atoms with Crippen LogP contribution in [-0.4, -0.2) is 50.8 Å². The summed E-state index contributed by atoms with van der Waals surface area (Å²) in [5.74, 6) is 1.03. The van der Waals surface area contributed by atoms with Gasteiger partial charge in [-0.3, -0.25) is 0 Å². The average molecular weight is 294 g/mol. The molecule has 0 saturated carbocycles. The summed E-state index contributed by atoms with van der Waals surface area (Å²) in [4.78, 5) is 2.47. The van der Waals surface area contributed by atoms with Gasteiger partial charge in [-0.1, -0.05) is 0 Å². The van der Waals surface area contributed by atoms with E-state index >= 15 is 0 Å². The number of rotatable bonds is 5. The van der Waals surface area contributed by atoms with Gasteiger partial charge in [0.05, 0.1) is 0 Å². The summed E-state index contributed by atoms with van der Waals surface area (Å²) in [6.45, 7) is 6.55. The lowest BCUT2D eigenvalue weighted by molar-refractivity contribution is 0.170. The van der Waals surface area contributed by atoms with Crippen LogP contribution in [0.1, 0.15) is 18.4 Å². The molecule has 1 aromatic carbocycles. The number of nitrogens with zero attached hydrogens (tertiary/aromatic N) is 1. The van der Waals surface area contributed by atoms with Gasteiger partial charge in [0, 0.05) is 32.2 Å². The van der Waals surface area contributed by atoms with Gasteiger partial charge in [-0.25, -0.2) is 4.39 Å². The largest absolute Gasteiger partial charge is 0.486 e. The molecule has 1 aromatic rings. The van der Waals surface area contributed by atoms with E-state index in [1.165, 1.54) is 6.07 Å². The summed E-state index contributed by atoms with van der Waals surface area (Å²) in [6.07, 6.45) is 2.86. The van der Waals surface area contributed by atoms with Gasteiger partial charge in [0.1, 0.15) is 19.0 Å². The van der Waals surface area contributed by atoms with Crippen LogP contribution in [0.3, 0.4) is 0 Å². The molecule has 2 heterocycles. The molecule has 0 radical (unpaired) electrons. The first-order valence-corrected chi connectivity index (χ1v) is 7.84. The minimum absolute atomic E-state index is 0.179. The predicted molar refractivity (Wildman–Crippen MR) is 79.6 cm³/mol. The Labute approximate surface area is 125 Å². The summed E-state index contributed by atoms with van der Waals surface area (Å²) in [7, 11) is 0. The SMILES string of the molecule is Fc1cc2c(cc1CCCCN1CCNCC1)OCCO2. The van der Waals surface area contributed by atoms with E-state index in [4.69, 9.17) is 9.47 Å². The standard InChI is InChI=1S/C16H23FN2O2/c17-14-12-16-15(20-9-10-21-16)11-13(14)3-1-2-6-19-7-4-18-5-8-19/h11-12,18H,1-10H2. The van der Waals surface area contributed by atoms with Crippen LogP contribution in [0.5, 0.6) is 11.5 Å². The zero-order valence-electron chi connectivity index (χ0n) is 12.4. The molecule has 0 amide bonds. The number of fused-ring (bicyclic) bond motifs is 1. The molecular weight excluding hydrogens is 271 g/mol. The van der Waals surface area contributed by atoms with Crippen molar-refractivity contribution >= 4 is 0 Å². The van der Waals surface area contributed by atoms with E-state index in [9.17, 15) is 4.39 Å². The molecule has 0 aromatic heterocycles. The Balaban J connectivity index is 1.48. The van der Waals surface area contributed by atoms with Crippen LogP contribution in [0.4, 0.5) is 4.39 Å². The Hall–Kier alpha value is -1.33. The van der Waals surface area contributed by atoms with E-state index < -0.39 is 0 Å². The number of benzene rings is 1. The maximum absolute atomic E-state index is 14.0. The minimum atomic E-state index is -0.179. The van der Waals surface area contributed by atoms with Crippen LogP contribution in [0, 0.1) is 5.82 Å². The van der Waals surface area contributed by atoms with Crippen molar-refractivity contribution < 1.29 is 13.9 Å². The van der Waals surface area contributed by atoms with E-state index in [1.54, 1.807) is 6.07 Å². The van der Waals surface area contributed by atoms with Gasteiger partial charge >= 0.3 is 0 Å². The van der Waals surface area contributed by atoms with Crippen molar-refractivity contribution in [3.05, 3.63) is 23.5 Å². The summed E-state index contributed by atoms with van der Waals surface area (Å²) in [5, 5.41) is 3.35. The molecule has 2 aliphatic heterocycles. The highest BCUT2D eigenvalue weighted by molar-refractivity contribution is 5.44. The number of aryl methyl sites for hydroxylation is 1. The Morgan fingerprint density at radius 1 is 1.05 bits per heavy atom. The number of hydrogen-bond donors (Lipinski definition) is 1. The lowest BCUT2D eigenvalue weighted by Gasteiger charge is -2.27. The highest BCUT2D eigenvalue weighted by Crippen LogP contribution is 2.33. The van der Waals surface area contributed by atoms with Crippen LogP contribution in [0.15, 0.2) is 12.1 Å². The Kier molecular flexibility index (Phi) is 4.93. The number of nitrogens with one attached hydrogen (secondary N) is 1. The van der Waals surface area contributed by atoms with Crippen molar-refractivity contribution in [3.63, 3.8) is 0 Å². The maximum Gasteiger partial charge on any atom is 0.164 e. The minimum Gasteiger partial charge on any atom is -0.486 e. The van der Waals surface area contributed by atoms with Crippen LogP contribution >= 0.6 is 0 Å². The third kappa shape index (κ3) is 3.86. The van der Waals surface area contributed by atoms with Crippen LogP contribution in [0.2, 0.25) is 0 Å². The number of halogens is 1. The van der Waals surface area contributed by atoms with E-state index in [-0.39, 0.29) is 5.82 Å². The van der Waals surface area contributed by atoms with Crippen LogP contribution < -0.4 is 14.8 Å². The van der Waals surface area contributed by atoms with Crippen molar-refractivity contribution in [2.75, 3.05) is 45.9 Å². The van der Waals surface area contributed by atoms with Gasteiger partial charge in [0.25, 0.3) is 0 Å². The van der Waals surface area contributed by atoms with E-state index in [0.29, 0.717) is 24.7 Å². The first-order chi connectivity index (χ1) is 10.3. The molecule has 0 atom stereocenters. The lowest BCUT2D eigenvalue weighted by Crippen LogP contribution is -2.43. The zero-order valence-corrected chi connectivity index (χ0v) is 12.4. The first-order valence-electron chi connectivity index (χ1n) is 7.84. The van der Waals surface area contributed by atoms with Crippen molar-refractivity contribution in [1.29, 1.82) is 0 Å². The molecule has 0 aliphatic carbocycles. The third-order valence-electron chi connectivity index (χ3n) is 4.09. The highest BCUT2D eigenvalue weighted by atomic mass is 19.1. The van der Waals surface area contributed by atoms with Gasteiger partial charge in [-0.05, 0) is 37.4 Å². The number of hydrogen-bond acceptors (Lipinski definition) is 4. The highest BCUT2D eigenvalue weighted by Gasteiger charge is 2.16. The Morgan fingerprint density at radius 3 is 2.52 bits per heavy atom. The molecule has 0 bridgehead atoms. The monoisotopic (exact) mass is 294 g/mol. The molecule has 1 fully saturated rings. The molecule has 4 nitrogen and oxygen atoms in total. The number of piperazine rings is 1. The van der Waals surface area contributed by atoms with Crippen molar-refractivity contribution in [2.45, 2.75) is 19.3 Å². The summed E-state index contributed by atoms with van der Waals surface area (Å²) in [5.41, 5.74) is 0.736. The van der Waals surface area contributed by atoms with Crippen molar-refractivity contribution in [3.8, 4) is 11.5 Å². The molecule has 1 N–H and O–H groups in total. The molecule has 21 heavy (non-hydrogen) atoms. The van der Waals surface area contributed by atoms with Crippen LogP contribution in [-0.2, 0) is 6.42 Å². The normalized spacial score (nSPS) is 18.7. The van der Waals surface area contributed by atoms with Crippen molar-refractivity contribution in [1.82, 2.24) is 10.2 Å². The zero-order chi connectivity index (χ0) is 14.5. The summed E-state index contributed by atoms with van der Waals surface area (Å²) >= 11 is 0. The summed E-state index contributed by atoms with van der Waals surface area (Å²) in [6, 6.07) is 3.26. The van der Waals surface area contributed by atoms with Crippen molar-refractivity contribution in [2.24, 2.45) is 0 Å². The topological polar surface area (TPSA) is 33.7 Å². The third-order valence-corrected chi connectivity index (χ3v) is 4.09. The predicted octanol–water partition coefficient (Wildman–Crippen LogP) is 1.82. The van der Waals surface area contributed by atoms with E-state index in [1.807, 2.05) is 0 Å². The van der Waals surface area contributed by atoms with Crippen LogP contribution in [0.25, 0.3) is 0 Å². The average Bonchev–Trinajstić information content (AvgIpc) is 2.53. The summed E-state index contributed by atoms with van der Waals surface area (Å²) < 4.78 is 24.9. The maximum atomic E-state index is 14.0. The number of unbranched alkanes of at least 4 members (excludes halogenated alkanes) is 1. The molecule has 2 aliphatic rings. The fraction of sp³-hybridized carbons (Fsp3) is 0.625. The second-order valence-electron chi connectivity index (χ2n) is 5.64. The molecule has 0 spiro atoms. The first kappa shape index (κ1) is 14.6. The second-order valence-corrected chi connectivity index (χ2v) is 5.64. The van der Waals surface area contributed by atoms with Gasteiger partial charge < -0.3 is 19.7 Å². The Bertz CT molecular complexity index is 476. The van der Waals surface area contributed by atoms with Gasteiger partial charge in [-0.2, -0.15) is 0 Å². The fourth-order valence-corrected chi connectivity index (χ4v) is 2.88. The quantitative estimate of drug-likeness (QED) is 0.840. The molecule has 5 heteroatoms. The fourth-order valence-electron chi connectivity index (χ4n) is 2.88. The van der Waals surface area contributed by atoms with Gasteiger partial charge in [0.15, 0.2) is 11.5 Å². The number of ether oxygens (including phenoxy) is 2.